The zero-order chi connectivity index (χ0) is 16.7. The average Bonchev–Trinajstić information content (AvgIpc) is 2.58. The zero-order valence-electron chi connectivity index (χ0n) is 13.6. The van der Waals surface area contributed by atoms with E-state index < -0.39 is 0 Å². The van der Waals surface area contributed by atoms with Gasteiger partial charge in [-0.15, -0.1) is 12.4 Å². The summed E-state index contributed by atoms with van der Waals surface area (Å²) >= 11 is 0. The van der Waals surface area contributed by atoms with Crippen LogP contribution in [0.2, 0.25) is 0 Å². The molecule has 3 N–H and O–H groups in total. The first kappa shape index (κ1) is 19.9. The Hall–Kier alpha value is -2.12. The Morgan fingerprint density at radius 2 is 1.96 bits per heavy atom. The van der Waals surface area contributed by atoms with E-state index in [1.54, 1.807) is 19.2 Å². The van der Waals surface area contributed by atoms with E-state index in [-0.39, 0.29) is 36.7 Å². The average molecular weight is 355 g/mol. The van der Waals surface area contributed by atoms with Crippen LogP contribution in [0.1, 0.15) is 22.3 Å². The van der Waals surface area contributed by atoms with Crippen LogP contribution in [0.5, 0.6) is 0 Å². The fourth-order valence-electron chi connectivity index (χ4n) is 2.29. The first-order chi connectivity index (χ1) is 11.1. The van der Waals surface area contributed by atoms with Gasteiger partial charge < -0.3 is 20.9 Å². The van der Waals surface area contributed by atoms with Crippen LogP contribution in [0.15, 0.2) is 24.3 Å². The molecule has 0 unspecified atom stereocenters. The lowest BCUT2D eigenvalue weighted by Gasteiger charge is -2.26. The van der Waals surface area contributed by atoms with E-state index in [1.165, 1.54) is 4.90 Å². The molecule has 3 amide bonds. The third kappa shape index (κ3) is 5.82. The van der Waals surface area contributed by atoms with Crippen LogP contribution in [0.4, 0.5) is 0 Å². The van der Waals surface area contributed by atoms with Crippen molar-refractivity contribution < 1.29 is 14.4 Å². The SMILES string of the molecule is CNCCC(=O)NCc1ccc(C(=O)N2CCNC(=O)C2)cc1.Cl. The third-order valence-electron chi connectivity index (χ3n) is 3.62. The number of hydrogen-bond donors (Lipinski definition) is 3. The maximum absolute atomic E-state index is 12.3. The summed E-state index contributed by atoms with van der Waals surface area (Å²) in [5, 5.41) is 8.44. The molecule has 1 saturated heterocycles. The summed E-state index contributed by atoms with van der Waals surface area (Å²) in [6.45, 7) is 2.18. The van der Waals surface area contributed by atoms with Gasteiger partial charge in [0.2, 0.25) is 11.8 Å². The van der Waals surface area contributed by atoms with Gasteiger partial charge >= 0.3 is 0 Å². The Kier molecular flexibility index (Phi) is 8.21. The molecule has 1 aliphatic heterocycles. The van der Waals surface area contributed by atoms with Crippen LogP contribution in [0.25, 0.3) is 0 Å². The molecular formula is C16H23ClN4O3. The van der Waals surface area contributed by atoms with Crippen LogP contribution >= 0.6 is 12.4 Å². The molecule has 8 heteroatoms. The number of carbonyl (C=O) groups excluding carboxylic acids is 3. The third-order valence-corrected chi connectivity index (χ3v) is 3.62. The lowest BCUT2D eigenvalue weighted by atomic mass is 10.1. The zero-order valence-corrected chi connectivity index (χ0v) is 14.4. The highest BCUT2D eigenvalue weighted by Crippen LogP contribution is 2.09. The molecular weight excluding hydrogens is 332 g/mol. The normalized spacial score (nSPS) is 13.7. The van der Waals surface area contributed by atoms with Crippen LogP contribution in [-0.4, -0.2) is 55.8 Å². The van der Waals surface area contributed by atoms with Crippen LogP contribution in [-0.2, 0) is 16.1 Å². The van der Waals surface area contributed by atoms with Gasteiger partial charge in [0.25, 0.3) is 5.91 Å². The number of benzene rings is 1. The molecule has 0 radical (unpaired) electrons. The summed E-state index contributed by atoms with van der Waals surface area (Å²) < 4.78 is 0. The van der Waals surface area contributed by atoms with Gasteiger partial charge in [0.05, 0.1) is 6.54 Å². The van der Waals surface area contributed by atoms with Crippen molar-refractivity contribution in [2.45, 2.75) is 13.0 Å². The Morgan fingerprint density at radius 3 is 2.58 bits per heavy atom. The monoisotopic (exact) mass is 354 g/mol. The van der Waals surface area contributed by atoms with Gasteiger partial charge in [0.15, 0.2) is 0 Å². The standard InChI is InChI=1S/C16H22N4O3.ClH/c1-17-7-6-14(21)19-10-12-2-4-13(5-3-12)16(23)20-9-8-18-15(22)11-20;/h2-5,17H,6-11H2,1H3,(H,18,22)(H,19,21);1H. The van der Waals surface area contributed by atoms with Crippen molar-refractivity contribution in [2.24, 2.45) is 0 Å². The molecule has 2 rings (SSSR count). The van der Waals surface area contributed by atoms with E-state index in [0.717, 1.165) is 5.56 Å². The summed E-state index contributed by atoms with van der Waals surface area (Å²) in [7, 11) is 1.80. The molecule has 0 bridgehead atoms. The topological polar surface area (TPSA) is 90.5 Å². The number of piperazine rings is 1. The number of amides is 3. The molecule has 0 atom stereocenters. The fraction of sp³-hybridized carbons (Fsp3) is 0.438. The molecule has 24 heavy (non-hydrogen) atoms. The quantitative estimate of drug-likeness (QED) is 0.665. The number of halogens is 1. The van der Waals surface area contributed by atoms with Crippen molar-refractivity contribution in [3.05, 3.63) is 35.4 Å². The minimum Gasteiger partial charge on any atom is -0.353 e. The van der Waals surface area contributed by atoms with E-state index in [1.807, 2.05) is 12.1 Å². The van der Waals surface area contributed by atoms with E-state index >= 15 is 0 Å². The second kappa shape index (κ2) is 9.89. The Morgan fingerprint density at radius 1 is 1.25 bits per heavy atom. The van der Waals surface area contributed by atoms with Crippen molar-refractivity contribution >= 4 is 30.1 Å². The van der Waals surface area contributed by atoms with E-state index in [9.17, 15) is 14.4 Å². The molecule has 1 aromatic rings. The summed E-state index contributed by atoms with van der Waals surface area (Å²) in [6, 6.07) is 7.08. The Balaban J connectivity index is 0.00000288. The highest BCUT2D eigenvalue weighted by Gasteiger charge is 2.21. The molecule has 132 valence electrons. The highest BCUT2D eigenvalue weighted by atomic mass is 35.5. The molecule has 7 nitrogen and oxygen atoms in total. The molecule has 1 aliphatic rings. The minimum atomic E-state index is -0.149. The first-order valence-corrected chi connectivity index (χ1v) is 7.66. The summed E-state index contributed by atoms with van der Waals surface area (Å²) in [5.41, 5.74) is 1.47. The molecule has 1 heterocycles. The number of nitrogens with zero attached hydrogens (tertiary/aromatic N) is 1. The van der Waals surface area contributed by atoms with Crippen molar-refractivity contribution in [3.8, 4) is 0 Å². The van der Waals surface area contributed by atoms with E-state index in [2.05, 4.69) is 16.0 Å². The molecule has 1 fully saturated rings. The number of nitrogens with one attached hydrogen (secondary N) is 3. The maximum atomic E-state index is 12.3. The van der Waals surface area contributed by atoms with Gasteiger partial charge in [-0.2, -0.15) is 0 Å². The van der Waals surface area contributed by atoms with Gasteiger partial charge in [0.1, 0.15) is 0 Å². The van der Waals surface area contributed by atoms with Gasteiger partial charge in [-0.25, -0.2) is 0 Å². The van der Waals surface area contributed by atoms with Crippen molar-refractivity contribution in [1.29, 1.82) is 0 Å². The number of hydrogen-bond acceptors (Lipinski definition) is 4. The molecule has 0 saturated carbocycles. The smallest absolute Gasteiger partial charge is 0.254 e. The largest absolute Gasteiger partial charge is 0.353 e. The summed E-state index contributed by atoms with van der Waals surface area (Å²) in [5.74, 6) is -0.297. The summed E-state index contributed by atoms with van der Waals surface area (Å²) in [4.78, 5) is 36.7. The maximum Gasteiger partial charge on any atom is 0.254 e. The van der Waals surface area contributed by atoms with Gasteiger partial charge in [-0.05, 0) is 24.7 Å². The van der Waals surface area contributed by atoms with Gasteiger partial charge in [-0.3, -0.25) is 14.4 Å². The molecule has 1 aromatic carbocycles. The van der Waals surface area contributed by atoms with Crippen LogP contribution in [0, 0.1) is 0 Å². The van der Waals surface area contributed by atoms with Gasteiger partial charge in [-0.1, -0.05) is 12.1 Å². The number of carbonyl (C=O) groups is 3. The highest BCUT2D eigenvalue weighted by molar-refractivity contribution is 5.97. The van der Waals surface area contributed by atoms with Crippen molar-refractivity contribution in [3.63, 3.8) is 0 Å². The van der Waals surface area contributed by atoms with Crippen LogP contribution < -0.4 is 16.0 Å². The minimum absolute atomic E-state index is 0. The predicted octanol–water partition coefficient (Wildman–Crippen LogP) is -0.0939. The first-order valence-electron chi connectivity index (χ1n) is 7.66. The molecule has 0 spiro atoms. The fourth-order valence-corrected chi connectivity index (χ4v) is 2.29. The second-order valence-corrected chi connectivity index (χ2v) is 5.40. The lowest BCUT2D eigenvalue weighted by molar-refractivity contribution is -0.123. The van der Waals surface area contributed by atoms with Crippen molar-refractivity contribution in [2.75, 3.05) is 33.2 Å². The molecule has 0 aliphatic carbocycles. The second-order valence-electron chi connectivity index (χ2n) is 5.40. The Labute approximate surface area is 147 Å². The lowest BCUT2D eigenvalue weighted by Crippen LogP contribution is -2.49. The van der Waals surface area contributed by atoms with Crippen LogP contribution in [0.3, 0.4) is 0 Å². The van der Waals surface area contributed by atoms with E-state index in [0.29, 0.717) is 38.2 Å². The number of rotatable bonds is 6. The predicted molar refractivity (Wildman–Crippen MR) is 93.0 cm³/mol. The Bertz CT molecular complexity index is 577. The summed E-state index contributed by atoms with van der Waals surface area (Å²) in [6.07, 6.45) is 0.435. The van der Waals surface area contributed by atoms with Gasteiger partial charge in [0, 0.05) is 38.2 Å². The van der Waals surface area contributed by atoms with Crippen molar-refractivity contribution in [1.82, 2.24) is 20.9 Å². The van der Waals surface area contributed by atoms with E-state index in [4.69, 9.17) is 0 Å². The molecule has 0 aromatic heterocycles.